The molecule has 4 nitrogen and oxygen atoms in total. The van der Waals surface area contributed by atoms with Crippen LogP contribution in [0, 0.1) is 0 Å². The van der Waals surface area contributed by atoms with E-state index in [2.05, 4.69) is 27.8 Å². The second kappa shape index (κ2) is 7.77. The number of carbonyl (C=O) groups excluding carboxylic acids is 1. The number of amides is 1. The van der Waals surface area contributed by atoms with Crippen molar-refractivity contribution in [1.82, 2.24) is 15.6 Å². The zero-order valence-corrected chi connectivity index (χ0v) is 12.4. The van der Waals surface area contributed by atoms with Gasteiger partial charge in [-0.25, -0.2) is 4.98 Å². The van der Waals surface area contributed by atoms with Crippen LogP contribution < -0.4 is 10.6 Å². The topological polar surface area (TPSA) is 54.0 Å². The van der Waals surface area contributed by atoms with E-state index in [1.54, 1.807) is 0 Å². The van der Waals surface area contributed by atoms with Crippen LogP contribution in [0.5, 0.6) is 0 Å². The van der Waals surface area contributed by atoms with Crippen molar-refractivity contribution in [2.75, 3.05) is 20.1 Å². The first kappa shape index (κ1) is 14.7. The molecule has 2 N–H and O–H groups in total. The summed E-state index contributed by atoms with van der Waals surface area (Å²) in [6.07, 6.45) is 1.70. The molecule has 0 fully saturated rings. The van der Waals surface area contributed by atoms with Gasteiger partial charge in [-0.15, -0.1) is 11.3 Å². The molecule has 1 aromatic carbocycles. The van der Waals surface area contributed by atoms with Crippen LogP contribution in [-0.2, 0) is 6.42 Å². The number of benzene rings is 1. The highest BCUT2D eigenvalue weighted by Gasteiger charge is 2.10. The third-order valence-electron chi connectivity index (χ3n) is 2.87. The van der Waals surface area contributed by atoms with E-state index in [0.29, 0.717) is 12.2 Å². The van der Waals surface area contributed by atoms with Crippen LogP contribution >= 0.6 is 11.3 Å². The molecule has 1 heterocycles. The minimum atomic E-state index is -0.0864. The van der Waals surface area contributed by atoms with Gasteiger partial charge in [0.25, 0.3) is 5.91 Å². The van der Waals surface area contributed by atoms with Crippen LogP contribution in [0.2, 0.25) is 0 Å². The number of carbonyl (C=O) groups is 1. The Morgan fingerprint density at radius 3 is 2.80 bits per heavy atom. The van der Waals surface area contributed by atoms with Gasteiger partial charge in [-0.3, -0.25) is 4.79 Å². The predicted octanol–water partition coefficient (Wildman–Crippen LogP) is 2.07. The lowest BCUT2D eigenvalue weighted by Crippen LogP contribution is -2.26. The molecule has 2 aromatic rings. The molecule has 0 aliphatic heterocycles. The van der Waals surface area contributed by atoms with Gasteiger partial charge in [0.1, 0.15) is 5.69 Å². The third kappa shape index (κ3) is 4.43. The minimum Gasteiger partial charge on any atom is -0.351 e. The Hall–Kier alpha value is -1.72. The normalized spacial score (nSPS) is 10.4. The summed E-state index contributed by atoms with van der Waals surface area (Å²) in [7, 11) is 1.90. The van der Waals surface area contributed by atoms with Gasteiger partial charge < -0.3 is 10.6 Å². The molecular formula is C15H19N3OS. The molecule has 0 aliphatic carbocycles. The molecule has 0 saturated heterocycles. The first-order valence-corrected chi connectivity index (χ1v) is 7.58. The molecular weight excluding hydrogens is 270 g/mol. The first-order valence-electron chi connectivity index (χ1n) is 6.70. The van der Waals surface area contributed by atoms with Gasteiger partial charge in [-0.05, 0) is 25.6 Å². The van der Waals surface area contributed by atoms with Crippen LogP contribution in [0.3, 0.4) is 0 Å². The fourth-order valence-corrected chi connectivity index (χ4v) is 2.63. The lowest BCUT2D eigenvalue weighted by molar-refractivity contribution is 0.0949. The maximum atomic E-state index is 11.9. The van der Waals surface area contributed by atoms with E-state index >= 15 is 0 Å². The van der Waals surface area contributed by atoms with E-state index < -0.39 is 0 Å². The Bertz CT molecular complexity index is 539. The summed E-state index contributed by atoms with van der Waals surface area (Å²) in [5.74, 6) is -0.0864. The Kier molecular flexibility index (Phi) is 5.70. The summed E-state index contributed by atoms with van der Waals surface area (Å²) in [5.41, 5.74) is 1.73. The van der Waals surface area contributed by atoms with Crippen molar-refractivity contribution < 1.29 is 4.79 Å². The summed E-state index contributed by atoms with van der Waals surface area (Å²) in [6, 6.07) is 10.2. The molecule has 1 aromatic heterocycles. The Morgan fingerprint density at radius 1 is 1.25 bits per heavy atom. The molecule has 0 radical (unpaired) electrons. The van der Waals surface area contributed by atoms with Crippen LogP contribution in [0.4, 0.5) is 0 Å². The molecule has 20 heavy (non-hydrogen) atoms. The summed E-state index contributed by atoms with van der Waals surface area (Å²) in [6.45, 7) is 1.57. The molecule has 0 atom stereocenters. The molecule has 5 heteroatoms. The van der Waals surface area contributed by atoms with Crippen molar-refractivity contribution in [2.45, 2.75) is 12.8 Å². The van der Waals surface area contributed by atoms with Crippen molar-refractivity contribution in [3.8, 4) is 0 Å². The Labute approximate surface area is 123 Å². The number of thiazole rings is 1. The standard InChI is InChI=1S/C15H19N3OS/c1-16-8-5-9-17-15(19)13-11-20-14(18-13)10-12-6-3-2-4-7-12/h2-4,6-7,11,16H,5,8-10H2,1H3,(H,17,19). The van der Waals surface area contributed by atoms with E-state index in [0.717, 1.165) is 24.4 Å². The van der Waals surface area contributed by atoms with Gasteiger partial charge in [0.15, 0.2) is 0 Å². The Balaban J connectivity index is 1.87. The van der Waals surface area contributed by atoms with Crippen molar-refractivity contribution in [3.05, 3.63) is 52.0 Å². The van der Waals surface area contributed by atoms with Gasteiger partial charge in [0.2, 0.25) is 0 Å². The molecule has 1 amide bonds. The number of nitrogens with one attached hydrogen (secondary N) is 2. The van der Waals surface area contributed by atoms with Crippen molar-refractivity contribution in [2.24, 2.45) is 0 Å². The molecule has 2 rings (SSSR count). The molecule has 0 aliphatic rings. The van der Waals surface area contributed by atoms with Gasteiger partial charge in [0, 0.05) is 18.3 Å². The molecule has 0 unspecified atom stereocenters. The first-order chi connectivity index (χ1) is 9.79. The monoisotopic (exact) mass is 289 g/mol. The van der Waals surface area contributed by atoms with Crippen LogP contribution in [-0.4, -0.2) is 31.0 Å². The number of hydrogen-bond acceptors (Lipinski definition) is 4. The second-order valence-electron chi connectivity index (χ2n) is 4.50. The number of nitrogens with zero attached hydrogens (tertiary/aromatic N) is 1. The molecule has 0 spiro atoms. The second-order valence-corrected chi connectivity index (χ2v) is 5.44. The summed E-state index contributed by atoms with van der Waals surface area (Å²) >= 11 is 1.53. The zero-order valence-electron chi connectivity index (χ0n) is 11.6. The van der Waals surface area contributed by atoms with Gasteiger partial charge in [0.05, 0.1) is 5.01 Å². The molecule has 0 bridgehead atoms. The number of aromatic nitrogens is 1. The van der Waals surface area contributed by atoms with E-state index in [4.69, 9.17) is 0 Å². The predicted molar refractivity (Wildman–Crippen MR) is 82.2 cm³/mol. The average Bonchev–Trinajstić information content (AvgIpc) is 2.93. The fourth-order valence-electron chi connectivity index (χ4n) is 1.82. The quantitative estimate of drug-likeness (QED) is 0.767. The lowest BCUT2D eigenvalue weighted by Gasteiger charge is -2.02. The van der Waals surface area contributed by atoms with Crippen molar-refractivity contribution >= 4 is 17.2 Å². The van der Waals surface area contributed by atoms with Crippen LogP contribution in [0.15, 0.2) is 35.7 Å². The smallest absolute Gasteiger partial charge is 0.270 e. The van der Waals surface area contributed by atoms with E-state index in [-0.39, 0.29) is 5.91 Å². The maximum absolute atomic E-state index is 11.9. The van der Waals surface area contributed by atoms with Gasteiger partial charge in [-0.1, -0.05) is 30.3 Å². The maximum Gasteiger partial charge on any atom is 0.270 e. The lowest BCUT2D eigenvalue weighted by atomic mass is 10.2. The molecule has 106 valence electrons. The average molecular weight is 289 g/mol. The zero-order chi connectivity index (χ0) is 14.2. The van der Waals surface area contributed by atoms with E-state index in [1.165, 1.54) is 16.9 Å². The summed E-state index contributed by atoms with van der Waals surface area (Å²) < 4.78 is 0. The largest absolute Gasteiger partial charge is 0.351 e. The highest BCUT2D eigenvalue weighted by molar-refractivity contribution is 7.09. The van der Waals surface area contributed by atoms with Gasteiger partial charge >= 0.3 is 0 Å². The van der Waals surface area contributed by atoms with E-state index in [9.17, 15) is 4.79 Å². The number of hydrogen-bond donors (Lipinski definition) is 2. The summed E-state index contributed by atoms with van der Waals surface area (Å²) in [5, 5.41) is 8.72. The minimum absolute atomic E-state index is 0.0864. The SMILES string of the molecule is CNCCCNC(=O)c1csc(Cc2ccccc2)n1. The Morgan fingerprint density at radius 2 is 2.05 bits per heavy atom. The highest BCUT2D eigenvalue weighted by atomic mass is 32.1. The highest BCUT2D eigenvalue weighted by Crippen LogP contribution is 2.14. The van der Waals surface area contributed by atoms with Crippen molar-refractivity contribution in [1.29, 1.82) is 0 Å². The van der Waals surface area contributed by atoms with E-state index in [1.807, 2.05) is 30.6 Å². The van der Waals surface area contributed by atoms with Gasteiger partial charge in [-0.2, -0.15) is 0 Å². The fraction of sp³-hybridized carbons (Fsp3) is 0.333. The third-order valence-corrected chi connectivity index (χ3v) is 3.72. The molecule has 0 saturated carbocycles. The van der Waals surface area contributed by atoms with Crippen LogP contribution in [0.1, 0.15) is 27.5 Å². The summed E-state index contributed by atoms with van der Waals surface area (Å²) in [4.78, 5) is 16.3. The number of rotatable bonds is 7. The van der Waals surface area contributed by atoms with Crippen molar-refractivity contribution in [3.63, 3.8) is 0 Å². The van der Waals surface area contributed by atoms with Crippen LogP contribution in [0.25, 0.3) is 0 Å².